The second-order valence-electron chi connectivity index (χ2n) is 7.26. The van der Waals surface area contributed by atoms with Crippen molar-refractivity contribution in [2.75, 3.05) is 20.3 Å². The highest BCUT2D eigenvalue weighted by molar-refractivity contribution is 5.93. The lowest BCUT2D eigenvalue weighted by Crippen LogP contribution is -2.16. The van der Waals surface area contributed by atoms with Crippen molar-refractivity contribution in [1.29, 1.82) is 0 Å². The number of aryl methyl sites for hydroxylation is 2. The van der Waals surface area contributed by atoms with Crippen LogP contribution in [0.15, 0.2) is 36.4 Å². The predicted octanol–water partition coefficient (Wildman–Crippen LogP) is 6.27. The van der Waals surface area contributed by atoms with Gasteiger partial charge in [0, 0.05) is 23.9 Å². The molecule has 0 saturated heterocycles. The maximum Gasteiger partial charge on any atom is 0.573 e. The highest BCUT2D eigenvalue weighted by Crippen LogP contribution is 2.39. The van der Waals surface area contributed by atoms with Gasteiger partial charge in [-0.15, -0.1) is 13.2 Å². The molecule has 1 aromatic heterocycles. The molecule has 0 saturated carbocycles. The largest absolute Gasteiger partial charge is 0.573 e. The van der Waals surface area contributed by atoms with Gasteiger partial charge >= 0.3 is 12.5 Å². The molecule has 0 bridgehead atoms. The first-order valence-corrected chi connectivity index (χ1v) is 10.4. The number of carbonyl (C=O) groups is 1. The molecule has 7 nitrogen and oxygen atoms in total. The minimum Gasteiger partial charge on any atom is -0.457 e. The number of pyridine rings is 1. The summed E-state index contributed by atoms with van der Waals surface area (Å²) in [6, 6.07) is 8.45. The molecule has 0 amide bonds. The molecule has 0 radical (unpaired) electrons. The third-order valence-corrected chi connectivity index (χ3v) is 4.96. The Morgan fingerprint density at radius 2 is 1.65 bits per heavy atom. The SMILES string of the molecule is CCc1nc2ccc(Oc3ccc(OC(F)(F)F)cc3)c(C)c2c(OC(=O)OCCOC)c1C. The number of rotatable bonds is 8. The van der Waals surface area contributed by atoms with E-state index < -0.39 is 12.5 Å². The molecular formula is C24H24F3NO6. The van der Waals surface area contributed by atoms with Gasteiger partial charge in [-0.1, -0.05) is 6.92 Å². The normalized spacial score (nSPS) is 11.4. The molecule has 3 rings (SSSR count). The van der Waals surface area contributed by atoms with Crippen LogP contribution in [0.3, 0.4) is 0 Å². The van der Waals surface area contributed by atoms with Crippen molar-refractivity contribution in [1.82, 2.24) is 4.98 Å². The van der Waals surface area contributed by atoms with Crippen LogP contribution in [0.5, 0.6) is 23.0 Å². The van der Waals surface area contributed by atoms with Crippen molar-refractivity contribution in [3.63, 3.8) is 0 Å². The first-order valence-electron chi connectivity index (χ1n) is 10.4. The molecule has 0 unspecified atom stereocenters. The van der Waals surface area contributed by atoms with E-state index in [1.54, 1.807) is 26.0 Å². The number of carbonyl (C=O) groups excluding carboxylic acids is 1. The van der Waals surface area contributed by atoms with E-state index in [0.29, 0.717) is 45.7 Å². The number of ether oxygens (including phenoxy) is 5. The van der Waals surface area contributed by atoms with E-state index in [1.807, 2.05) is 6.92 Å². The van der Waals surface area contributed by atoms with Gasteiger partial charge in [0.2, 0.25) is 0 Å². The van der Waals surface area contributed by atoms with Gasteiger partial charge in [0.15, 0.2) is 0 Å². The van der Waals surface area contributed by atoms with Crippen molar-refractivity contribution < 1.29 is 41.7 Å². The number of fused-ring (bicyclic) bond motifs is 1. The molecule has 10 heteroatoms. The molecule has 3 aromatic rings. The second-order valence-corrected chi connectivity index (χ2v) is 7.26. The van der Waals surface area contributed by atoms with Crippen LogP contribution >= 0.6 is 0 Å². The number of halogens is 3. The molecule has 182 valence electrons. The Bertz CT molecular complexity index is 1160. The van der Waals surface area contributed by atoms with Gasteiger partial charge in [0.1, 0.15) is 29.6 Å². The first-order chi connectivity index (χ1) is 16.1. The van der Waals surface area contributed by atoms with E-state index >= 15 is 0 Å². The summed E-state index contributed by atoms with van der Waals surface area (Å²) in [5.41, 5.74) is 2.68. The monoisotopic (exact) mass is 479 g/mol. The maximum atomic E-state index is 12.4. The zero-order valence-electron chi connectivity index (χ0n) is 19.1. The van der Waals surface area contributed by atoms with E-state index in [-0.39, 0.29) is 19.0 Å². The molecule has 0 aliphatic rings. The van der Waals surface area contributed by atoms with Crippen LogP contribution in [0.2, 0.25) is 0 Å². The zero-order chi connectivity index (χ0) is 24.9. The first kappa shape index (κ1) is 25.1. The Kier molecular flexibility index (Phi) is 7.83. The van der Waals surface area contributed by atoms with Crippen molar-refractivity contribution in [2.45, 2.75) is 33.6 Å². The van der Waals surface area contributed by atoms with Crippen molar-refractivity contribution >= 4 is 17.1 Å². The molecule has 0 fully saturated rings. The number of hydrogen-bond donors (Lipinski definition) is 0. The van der Waals surface area contributed by atoms with Crippen LogP contribution in [0, 0.1) is 13.8 Å². The number of methoxy groups -OCH3 is 1. The van der Waals surface area contributed by atoms with Crippen LogP contribution in [-0.2, 0) is 15.9 Å². The Labute approximate surface area is 194 Å². The minimum absolute atomic E-state index is 0.0411. The zero-order valence-corrected chi connectivity index (χ0v) is 19.1. The lowest BCUT2D eigenvalue weighted by molar-refractivity contribution is -0.274. The Hall–Kier alpha value is -3.53. The fourth-order valence-electron chi connectivity index (χ4n) is 3.35. The molecule has 0 aliphatic heterocycles. The summed E-state index contributed by atoms with van der Waals surface area (Å²) >= 11 is 0. The topological polar surface area (TPSA) is 76.1 Å². The molecule has 0 spiro atoms. The molecule has 2 aromatic carbocycles. The van der Waals surface area contributed by atoms with Crippen molar-refractivity contribution in [3.05, 3.63) is 53.2 Å². The number of alkyl halides is 3. The van der Waals surface area contributed by atoms with E-state index in [0.717, 1.165) is 17.8 Å². The minimum atomic E-state index is -4.78. The molecular weight excluding hydrogens is 455 g/mol. The number of benzene rings is 2. The third-order valence-electron chi connectivity index (χ3n) is 4.96. The summed E-state index contributed by atoms with van der Waals surface area (Å²) in [6.07, 6.45) is -5.03. The Balaban J connectivity index is 1.95. The second kappa shape index (κ2) is 10.6. The third kappa shape index (κ3) is 6.07. The predicted molar refractivity (Wildman–Crippen MR) is 118 cm³/mol. The smallest absolute Gasteiger partial charge is 0.457 e. The van der Waals surface area contributed by atoms with Crippen molar-refractivity contribution in [3.8, 4) is 23.0 Å². The Morgan fingerprint density at radius 3 is 2.26 bits per heavy atom. The van der Waals surface area contributed by atoms with E-state index in [4.69, 9.17) is 18.9 Å². The van der Waals surface area contributed by atoms with Crippen LogP contribution in [0.4, 0.5) is 18.0 Å². The summed E-state index contributed by atoms with van der Waals surface area (Å²) < 4.78 is 62.4. The quantitative estimate of drug-likeness (QED) is 0.279. The lowest BCUT2D eigenvalue weighted by Gasteiger charge is -2.17. The van der Waals surface area contributed by atoms with Crippen LogP contribution in [0.1, 0.15) is 23.7 Å². The number of aromatic nitrogens is 1. The summed E-state index contributed by atoms with van der Waals surface area (Å²) in [5.74, 6) is 0.666. The summed E-state index contributed by atoms with van der Waals surface area (Å²) in [5, 5.41) is 0.563. The summed E-state index contributed by atoms with van der Waals surface area (Å²) in [4.78, 5) is 16.9. The van der Waals surface area contributed by atoms with Gasteiger partial charge in [0.25, 0.3) is 0 Å². The molecule has 0 aliphatic carbocycles. The van der Waals surface area contributed by atoms with Gasteiger partial charge in [-0.25, -0.2) is 4.79 Å². The fraction of sp³-hybridized carbons (Fsp3) is 0.333. The van der Waals surface area contributed by atoms with Crippen molar-refractivity contribution in [2.24, 2.45) is 0 Å². The summed E-state index contributed by atoms with van der Waals surface area (Å²) in [7, 11) is 1.49. The molecule has 0 atom stereocenters. The van der Waals surface area contributed by atoms with Gasteiger partial charge in [0.05, 0.1) is 17.5 Å². The average molecular weight is 479 g/mol. The van der Waals surface area contributed by atoms with Crippen LogP contribution < -0.4 is 14.2 Å². The summed E-state index contributed by atoms with van der Waals surface area (Å²) in [6.45, 7) is 5.79. The molecule has 0 N–H and O–H groups in total. The van der Waals surface area contributed by atoms with Gasteiger partial charge in [-0.05, 0) is 56.7 Å². The van der Waals surface area contributed by atoms with Crippen LogP contribution in [0.25, 0.3) is 10.9 Å². The number of nitrogens with zero attached hydrogens (tertiary/aromatic N) is 1. The molecule has 1 heterocycles. The van der Waals surface area contributed by atoms with E-state index in [9.17, 15) is 18.0 Å². The van der Waals surface area contributed by atoms with E-state index in [2.05, 4.69) is 9.72 Å². The van der Waals surface area contributed by atoms with Gasteiger partial charge in [-0.2, -0.15) is 0 Å². The Morgan fingerprint density at radius 1 is 0.971 bits per heavy atom. The average Bonchev–Trinajstić information content (AvgIpc) is 2.77. The lowest BCUT2D eigenvalue weighted by atomic mass is 10.0. The number of hydrogen-bond acceptors (Lipinski definition) is 7. The van der Waals surface area contributed by atoms with Gasteiger partial charge < -0.3 is 23.7 Å². The molecule has 34 heavy (non-hydrogen) atoms. The van der Waals surface area contributed by atoms with Gasteiger partial charge in [-0.3, -0.25) is 4.98 Å². The highest BCUT2D eigenvalue weighted by Gasteiger charge is 2.31. The van der Waals surface area contributed by atoms with Crippen LogP contribution in [-0.4, -0.2) is 37.8 Å². The highest BCUT2D eigenvalue weighted by atomic mass is 19.4. The fourth-order valence-corrected chi connectivity index (χ4v) is 3.35. The van der Waals surface area contributed by atoms with E-state index in [1.165, 1.54) is 19.2 Å². The standard InChI is InChI=1S/C24H24F3NO6/c1-5-18-14(2)22(33-23(29)31-13-12-30-4)21-15(3)20(11-10-19(21)28-18)32-16-6-8-17(9-7-16)34-24(25,26)27/h6-11H,5,12-13H2,1-4H3. The maximum absolute atomic E-state index is 12.4.